The molecule has 0 saturated heterocycles. The normalized spacial score (nSPS) is 14.2. The smallest absolute Gasteiger partial charge is 0.383 e. The minimum absolute atomic E-state index is 0.0494. The number of amides is 1. The number of rotatable bonds is 7. The van der Waals surface area contributed by atoms with Gasteiger partial charge in [-0.05, 0) is 52.2 Å². The number of nitro benzene ring substituents is 1. The van der Waals surface area contributed by atoms with Crippen molar-refractivity contribution in [2.24, 2.45) is 0 Å². The summed E-state index contributed by atoms with van der Waals surface area (Å²) in [5.41, 5.74) is -9.75. The number of benzene rings is 2. The van der Waals surface area contributed by atoms with E-state index in [1.807, 2.05) is 0 Å². The number of carbonyl (C=O) groups excluding carboxylic acids is 1. The van der Waals surface area contributed by atoms with Gasteiger partial charge < -0.3 is 10.6 Å². The van der Waals surface area contributed by atoms with Crippen LogP contribution in [-0.2, 0) is 12.1 Å². The fourth-order valence-electron chi connectivity index (χ4n) is 3.22. The topological polar surface area (TPSA) is 84.3 Å². The summed E-state index contributed by atoms with van der Waals surface area (Å²) in [7, 11) is 1.38. The molecule has 2 rings (SSSR count). The molecular formula is C20H15BrF9N3O3. The molecule has 0 spiro atoms. The average molecular weight is 596 g/mol. The van der Waals surface area contributed by atoms with Crippen molar-refractivity contribution in [1.29, 1.82) is 0 Å². The van der Waals surface area contributed by atoms with Crippen LogP contribution in [0, 0.1) is 10.1 Å². The third-order valence-electron chi connectivity index (χ3n) is 5.09. The second kappa shape index (κ2) is 9.78. The molecule has 0 bridgehead atoms. The Morgan fingerprint density at radius 1 is 1.00 bits per heavy atom. The van der Waals surface area contributed by atoms with Crippen LogP contribution in [-0.4, -0.2) is 36.2 Å². The van der Waals surface area contributed by atoms with E-state index in [0.717, 1.165) is 12.1 Å². The van der Waals surface area contributed by atoms with Gasteiger partial charge in [0, 0.05) is 28.7 Å². The van der Waals surface area contributed by atoms with E-state index in [-0.39, 0.29) is 35.5 Å². The molecular weight excluding hydrogens is 581 g/mol. The predicted octanol–water partition coefficient (Wildman–Crippen LogP) is 7.14. The van der Waals surface area contributed by atoms with Gasteiger partial charge in [0.2, 0.25) is 0 Å². The highest BCUT2D eigenvalue weighted by Crippen LogP contribution is 2.58. The van der Waals surface area contributed by atoms with Crippen molar-refractivity contribution >= 4 is 38.9 Å². The minimum Gasteiger partial charge on any atom is -0.383 e. The van der Waals surface area contributed by atoms with Crippen LogP contribution in [0.5, 0.6) is 0 Å². The Balaban J connectivity index is 2.63. The van der Waals surface area contributed by atoms with E-state index in [1.54, 1.807) is 0 Å². The molecule has 2 N–H and O–H groups in total. The van der Waals surface area contributed by atoms with Crippen molar-refractivity contribution in [2.45, 2.75) is 37.3 Å². The lowest BCUT2D eigenvalue weighted by atomic mass is 9.86. The highest BCUT2D eigenvalue weighted by atomic mass is 79.9. The van der Waals surface area contributed by atoms with E-state index >= 15 is 0 Å². The van der Waals surface area contributed by atoms with Crippen molar-refractivity contribution < 1.29 is 49.2 Å². The summed E-state index contributed by atoms with van der Waals surface area (Å²) in [6.45, 7) is 1.25. The van der Waals surface area contributed by atoms with Gasteiger partial charge in [0.25, 0.3) is 11.6 Å². The maximum Gasteiger partial charge on any atom is 0.457 e. The first-order valence-electron chi connectivity index (χ1n) is 9.64. The molecule has 1 atom stereocenters. The van der Waals surface area contributed by atoms with Crippen LogP contribution in [0.4, 0.5) is 56.6 Å². The fourth-order valence-corrected chi connectivity index (χ4v) is 3.82. The third-order valence-corrected chi connectivity index (χ3v) is 5.72. The van der Waals surface area contributed by atoms with Crippen molar-refractivity contribution in [1.82, 2.24) is 0 Å². The first-order valence-corrected chi connectivity index (χ1v) is 10.4. The molecule has 198 valence electrons. The highest BCUT2D eigenvalue weighted by Gasteiger charge is 2.81. The molecule has 2 aromatic rings. The molecule has 1 unspecified atom stereocenters. The molecule has 2 aromatic carbocycles. The minimum atomic E-state index is -6.89. The predicted molar refractivity (Wildman–Crippen MR) is 114 cm³/mol. The zero-order chi connectivity index (χ0) is 27.9. The van der Waals surface area contributed by atoms with Gasteiger partial charge in [0.05, 0.1) is 10.6 Å². The maximum atomic E-state index is 14.9. The average Bonchev–Trinajstić information content (AvgIpc) is 2.77. The van der Waals surface area contributed by atoms with Crippen molar-refractivity contribution in [3.63, 3.8) is 0 Å². The number of aryl methyl sites for hydroxylation is 1. The molecule has 0 aliphatic carbocycles. The van der Waals surface area contributed by atoms with E-state index in [4.69, 9.17) is 0 Å². The number of carbonyl (C=O) groups is 1. The number of halogens is 10. The lowest BCUT2D eigenvalue weighted by Gasteiger charge is -2.36. The van der Waals surface area contributed by atoms with Crippen molar-refractivity contribution in [3.05, 3.63) is 61.6 Å². The Bertz CT molecular complexity index is 1190. The lowest BCUT2D eigenvalue weighted by molar-refractivity contribution is -0.389. The number of nitro groups is 1. The quantitative estimate of drug-likeness (QED) is 0.202. The van der Waals surface area contributed by atoms with Crippen LogP contribution in [0.1, 0.15) is 28.4 Å². The standard InChI is InChI=1S/C20H15BrF9N3O3/c1-3-9-6-11(17(22,19(25,26)27)18(23,24)20(28,29)30)8-12(21)15(9)32-16(34)10-4-5-13(31-2)14(7-10)33(35)36/h4-8,31H,3H2,1-2H3,(H,32,34). The van der Waals surface area contributed by atoms with E-state index in [1.165, 1.54) is 20.0 Å². The second-order valence-corrected chi connectivity index (χ2v) is 8.12. The van der Waals surface area contributed by atoms with Gasteiger partial charge in [-0.3, -0.25) is 14.9 Å². The highest BCUT2D eigenvalue weighted by molar-refractivity contribution is 9.10. The summed E-state index contributed by atoms with van der Waals surface area (Å²) in [4.78, 5) is 23.0. The van der Waals surface area contributed by atoms with E-state index < -0.39 is 56.1 Å². The third kappa shape index (κ3) is 4.95. The SMILES string of the molecule is CCc1cc(C(F)(C(F)(F)F)C(F)(F)C(F)(F)F)cc(Br)c1NC(=O)c1ccc(NC)c([N+](=O)[O-])c1. The van der Waals surface area contributed by atoms with Crippen molar-refractivity contribution in [3.8, 4) is 0 Å². The Morgan fingerprint density at radius 2 is 1.58 bits per heavy atom. The molecule has 16 heteroatoms. The summed E-state index contributed by atoms with van der Waals surface area (Å²) in [5, 5.41) is 15.9. The number of hydrogen-bond acceptors (Lipinski definition) is 4. The molecule has 0 saturated carbocycles. The maximum absolute atomic E-state index is 14.9. The van der Waals surface area contributed by atoms with Gasteiger partial charge in [-0.1, -0.05) is 6.92 Å². The van der Waals surface area contributed by atoms with Gasteiger partial charge in [-0.15, -0.1) is 0 Å². The second-order valence-electron chi connectivity index (χ2n) is 7.27. The van der Waals surface area contributed by atoms with Crippen LogP contribution in [0.3, 0.4) is 0 Å². The molecule has 0 radical (unpaired) electrons. The summed E-state index contributed by atoms with van der Waals surface area (Å²) in [6, 6.07) is 3.40. The summed E-state index contributed by atoms with van der Waals surface area (Å²) >= 11 is 2.68. The van der Waals surface area contributed by atoms with Crippen LogP contribution in [0.25, 0.3) is 0 Å². The summed E-state index contributed by atoms with van der Waals surface area (Å²) in [5.74, 6) is -7.89. The largest absolute Gasteiger partial charge is 0.457 e. The van der Waals surface area contributed by atoms with Gasteiger partial charge in [0.1, 0.15) is 5.69 Å². The zero-order valence-corrected chi connectivity index (χ0v) is 19.6. The van der Waals surface area contributed by atoms with Crippen LogP contribution >= 0.6 is 15.9 Å². The van der Waals surface area contributed by atoms with Gasteiger partial charge in [-0.25, -0.2) is 4.39 Å². The Labute approximate surface area is 205 Å². The summed E-state index contributed by atoms with van der Waals surface area (Å²) in [6.07, 6.45) is -13.9. The van der Waals surface area contributed by atoms with Crippen molar-refractivity contribution in [2.75, 3.05) is 17.7 Å². The zero-order valence-electron chi connectivity index (χ0n) is 18.0. The number of nitrogens with one attached hydrogen (secondary N) is 2. The molecule has 0 heterocycles. The number of hydrogen-bond donors (Lipinski definition) is 2. The molecule has 0 fully saturated rings. The Hall–Kier alpha value is -3.04. The monoisotopic (exact) mass is 595 g/mol. The number of anilines is 2. The van der Waals surface area contributed by atoms with E-state index in [2.05, 4.69) is 26.6 Å². The number of alkyl halides is 9. The molecule has 36 heavy (non-hydrogen) atoms. The Kier molecular flexibility index (Phi) is 7.93. The lowest BCUT2D eigenvalue weighted by Crippen LogP contribution is -2.59. The van der Waals surface area contributed by atoms with E-state index in [0.29, 0.717) is 0 Å². The van der Waals surface area contributed by atoms with Gasteiger partial charge in [-0.2, -0.15) is 35.1 Å². The first kappa shape index (κ1) is 29.2. The molecule has 0 aliphatic rings. The summed E-state index contributed by atoms with van der Waals surface area (Å²) < 4.78 is 120. The Morgan fingerprint density at radius 3 is 2.03 bits per heavy atom. The van der Waals surface area contributed by atoms with Crippen LogP contribution < -0.4 is 10.6 Å². The van der Waals surface area contributed by atoms with Gasteiger partial charge >= 0.3 is 23.9 Å². The fraction of sp³-hybridized carbons (Fsp3) is 0.350. The molecule has 6 nitrogen and oxygen atoms in total. The van der Waals surface area contributed by atoms with Crippen LogP contribution in [0.15, 0.2) is 34.8 Å². The van der Waals surface area contributed by atoms with Crippen LogP contribution in [0.2, 0.25) is 0 Å². The molecule has 1 amide bonds. The number of nitrogens with zero attached hydrogens (tertiary/aromatic N) is 1. The van der Waals surface area contributed by atoms with Gasteiger partial charge in [0.15, 0.2) is 0 Å². The molecule has 0 aromatic heterocycles. The van der Waals surface area contributed by atoms with E-state index in [9.17, 15) is 54.4 Å². The first-order chi connectivity index (χ1) is 16.3. The molecule has 0 aliphatic heterocycles.